The zero-order valence-electron chi connectivity index (χ0n) is 4.64. The highest BCUT2D eigenvalue weighted by Crippen LogP contribution is 1.89. The third-order valence-electron chi connectivity index (χ3n) is 0.549. The summed E-state index contributed by atoms with van der Waals surface area (Å²) in [6.07, 6.45) is 3.19. The molecule has 1 N–H and O–H groups in total. The first-order valence-electron chi connectivity index (χ1n) is 2.31. The Morgan fingerprint density at radius 2 is 2.14 bits per heavy atom. The second kappa shape index (κ2) is 3.68. The van der Waals surface area contributed by atoms with Crippen molar-refractivity contribution in [3.63, 3.8) is 0 Å². The van der Waals surface area contributed by atoms with Gasteiger partial charge in [-0.2, -0.15) is 0 Å². The lowest BCUT2D eigenvalue weighted by Crippen LogP contribution is -1.89. The largest absolute Gasteiger partial charge is 0.761 e. The predicted molar refractivity (Wildman–Crippen MR) is 30.5 cm³/mol. The van der Waals surface area contributed by atoms with Gasteiger partial charge < -0.3 is 10.7 Å². The molecule has 0 amide bonds. The van der Waals surface area contributed by atoms with E-state index in [1.54, 1.807) is 11.6 Å². The van der Waals surface area contributed by atoms with Crippen LogP contribution in [0.5, 0.6) is 0 Å². The van der Waals surface area contributed by atoms with E-state index in [-0.39, 0.29) is 0 Å². The van der Waals surface area contributed by atoms with Gasteiger partial charge in [0.05, 0.1) is 0 Å². The van der Waals surface area contributed by atoms with Crippen molar-refractivity contribution in [3.8, 4) is 0 Å². The Morgan fingerprint density at radius 1 is 1.57 bits per heavy atom. The summed E-state index contributed by atoms with van der Waals surface area (Å²) in [6, 6.07) is 0. The number of nitrogens with one attached hydrogen (secondary N) is 1. The van der Waals surface area contributed by atoms with Gasteiger partial charge in [-0.1, -0.05) is 19.9 Å². The van der Waals surface area contributed by atoms with E-state index in [9.17, 15) is 5.21 Å². The Labute approximate surface area is 43.8 Å². The smallest absolute Gasteiger partial charge is 0.0182 e. The van der Waals surface area contributed by atoms with Crippen LogP contribution in [0.1, 0.15) is 13.8 Å². The van der Waals surface area contributed by atoms with Gasteiger partial charge in [-0.25, -0.2) is 0 Å². The van der Waals surface area contributed by atoms with Crippen molar-refractivity contribution in [1.82, 2.24) is 5.48 Å². The van der Waals surface area contributed by atoms with Crippen LogP contribution >= 0.6 is 0 Å². The van der Waals surface area contributed by atoms with Crippen molar-refractivity contribution in [3.05, 3.63) is 17.5 Å². The second-order valence-corrected chi connectivity index (χ2v) is 1.72. The highest BCUT2D eigenvalue weighted by atomic mass is 16.5. The highest BCUT2D eigenvalue weighted by molar-refractivity contribution is 4.81. The zero-order valence-corrected chi connectivity index (χ0v) is 4.64. The fourth-order valence-corrected chi connectivity index (χ4v) is 0.232. The van der Waals surface area contributed by atoms with Crippen LogP contribution in [0.2, 0.25) is 0 Å². The average Bonchev–Trinajstić information content (AvgIpc) is 1.61. The maximum atomic E-state index is 9.50. The van der Waals surface area contributed by atoms with E-state index < -0.39 is 0 Å². The van der Waals surface area contributed by atoms with Gasteiger partial charge in [0.2, 0.25) is 0 Å². The number of rotatable bonds is 2. The summed E-state index contributed by atoms with van der Waals surface area (Å²) < 4.78 is 0. The van der Waals surface area contributed by atoms with E-state index in [1.165, 1.54) is 6.20 Å². The average molecular weight is 100 g/mol. The van der Waals surface area contributed by atoms with Crippen molar-refractivity contribution in [2.24, 2.45) is 5.92 Å². The molecule has 7 heavy (non-hydrogen) atoms. The maximum absolute atomic E-state index is 9.50. The molecule has 0 aromatic heterocycles. The van der Waals surface area contributed by atoms with Gasteiger partial charge in [0.1, 0.15) is 0 Å². The normalized spacial score (nSPS) is 10.9. The third-order valence-corrected chi connectivity index (χ3v) is 0.549. The summed E-state index contributed by atoms with van der Waals surface area (Å²) in [5, 5.41) is 9.50. The van der Waals surface area contributed by atoms with Crippen molar-refractivity contribution in [2.45, 2.75) is 13.8 Å². The molecule has 0 heterocycles. The maximum Gasteiger partial charge on any atom is -0.0182 e. The Kier molecular flexibility index (Phi) is 3.42. The molecule has 0 saturated heterocycles. The van der Waals surface area contributed by atoms with E-state index in [4.69, 9.17) is 0 Å². The number of allylic oxidation sites excluding steroid dienone is 1. The first-order chi connectivity index (χ1) is 3.27. The molecule has 0 saturated carbocycles. The van der Waals surface area contributed by atoms with Crippen LogP contribution in [0.25, 0.3) is 0 Å². The lowest BCUT2D eigenvalue weighted by Gasteiger charge is -1.99. The van der Waals surface area contributed by atoms with Crippen LogP contribution in [0.4, 0.5) is 0 Å². The molecule has 0 aliphatic carbocycles. The highest BCUT2D eigenvalue weighted by Gasteiger charge is 1.77. The Balaban J connectivity index is 3.08. The lowest BCUT2D eigenvalue weighted by molar-refractivity contribution is 0.824. The van der Waals surface area contributed by atoms with E-state index in [0.717, 1.165) is 0 Å². The Morgan fingerprint density at radius 3 is 2.29 bits per heavy atom. The number of hydroxylamine groups is 1. The molecule has 2 heteroatoms. The quantitative estimate of drug-likeness (QED) is 0.530. The molecule has 0 unspecified atom stereocenters. The molecule has 0 aliphatic heterocycles. The van der Waals surface area contributed by atoms with Gasteiger partial charge >= 0.3 is 0 Å². The van der Waals surface area contributed by atoms with E-state index in [0.29, 0.717) is 5.92 Å². The monoisotopic (exact) mass is 100 g/mol. The standard InChI is InChI=1S/C5H10NO/c1-5(2)3-4-6-7/h3-6H,1-2H3/q-1/b4-3+. The minimum absolute atomic E-state index is 0.460. The minimum atomic E-state index is 0.460. The number of hydrogen-bond acceptors (Lipinski definition) is 2. The summed E-state index contributed by atoms with van der Waals surface area (Å²) in [6.45, 7) is 4.02. The van der Waals surface area contributed by atoms with Crippen molar-refractivity contribution in [1.29, 1.82) is 0 Å². The van der Waals surface area contributed by atoms with Crippen LogP contribution in [0.3, 0.4) is 0 Å². The minimum Gasteiger partial charge on any atom is -0.761 e. The molecule has 0 spiro atoms. The van der Waals surface area contributed by atoms with Crippen LogP contribution < -0.4 is 5.48 Å². The van der Waals surface area contributed by atoms with Gasteiger partial charge in [0, 0.05) is 0 Å². The van der Waals surface area contributed by atoms with Gasteiger partial charge in [-0.15, -0.1) is 0 Å². The molecule has 2 nitrogen and oxygen atoms in total. The van der Waals surface area contributed by atoms with Crippen LogP contribution in [0.15, 0.2) is 12.3 Å². The van der Waals surface area contributed by atoms with E-state index >= 15 is 0 Å². The van der Waals surface area contributed by atoms with Crippen LogP contribution in [-0.4, -0.2) is 0 Å². The van der Waals surface area contributed by atoms with E-state index in [2.05, 4.69) is 0 Å². The first-order valence-corrected chi connectivity index (χ1v) is 2.31. The van der Waals surface area contributed by atoms with Crippen molar-refractivity contribution < 1.29 is 0 Å². The molecule has 42 valence electrons. The Hall–Kier alpha value is -0.500. The summed E-state index contributed by atoms with van der Waals surface area (Å²) in [7, 11) is 0. The third kappa shape index (κ3) is 5.50. The molecule has 0 rings (SSSR count). The Bertz CT molecular complexity index is 59.1. The second-order valence-electron chi connectivity index (χ2n) is 1.72. The molecule has 0 radical (unpaired) electrons. The molecule has 0 bridgehead atoms. The molecule has 0 aliphatic rings. The summed E-state index contributed by atoms with van der Waals surface area (Å²) in [5.41, 5.74) is 1.67. The lowest BCUT2D eigenvalue weighted by atomic mass is 10.2. The molecule has 0 fully saturated rings. The van der Waals surface area contributed by atoms with Crippen LogP contribution in [0, 0.1) is 11.1 Å². The molecule has 0 aromatic rings. The van der Waals surface area contributed by atoms with Crippen molar-refractivity contribution in [2.75, 3.05) is 0 Å². The SMILES string of the molecule is CC(C)/C=C/N[O-]. The van der Waals surface area contributed by atoms with Gasteiger partial charge in [0.25, 0.3) is 0 Å². The molecule has 0 atom stereocenters. The van der Waals surface area contributed by atoms with E-state index in [1.807, 2.05) is 13.8 Å². The number of hydrogen-bond donors (Lipinski definition) is 1. The van der Waals surface area contributed by atoms with Gasteiger partial charge in [-0.3, -0.25) is 0 Å². The zero-order chi connectivity index (χ0) is 5.70. The fourth-order valence-electron chi connectivity index (χ4n) is 0.232. The van der Waals surface area contributed by atoms with Crippen molar-refractivity contribution >= 4 is 0 Å². The summed E-state index contributed by atoms with van der Waals surface area (Å²) in [5.74, 6) is 0.460. The molecule has 0 aromatic carbocycles. The summed E-state index contributed by atoms with van der Waals surface area (Å²) >= 11 is 0. The topological polar surface area (TPSA) is 35.1 Å². The first kappa shape index (κ1) is 6.50. The predicted octanol–water partition coefficient (Wildman–Crippen LogP) is 1.24. The summed E-state index contributed by atoms with van der Waals surface area (Å²) in [4.78, 5) is 0. The molecular formula is C5H10NO-. The molecular weight excluding hydrogens is 90.1 g/mol. The van der Waals surface area contributed by atoms with Gasteiger partial charge in [-0.05, 0) is 12.1 Å². The van der Waals surface area contributed by atoms with Gasteiger partial charge in [0.15, 0.2) is 0 Å². The van der Waals surface area contributed by atoms with Crippen LogP contribution in [-0.2, 0) is 0 Å². The fraction of sp³-hybridized carbons (Fsp3) is 0.600.